The largest absolute Gasteiger partial charge is 0.381 e. The zero-order chi connectivity index (χ0) is 6.81. The third-order valence-electron chi connectivity index (χ3n) is 2.99. The molecule has 1 saturated carbocycles. The van der Waals surface area contributed by atoms with Crippen molar-refractivity contribution in [3.8, 4) is 0 Å². The van der Waals surface area contributed by atoms with Crippen molar-refractivity contribution in [3.63, 3.8) is 0 Å². The molecule has 58 valence electrons. The van der Waals surface area contributed by atoms with E-state index in [1.54, 1.807) is 0 Å². The molecule has 0 aromatic carbocycles. The van der Waals surface area contributed by atoms with Gasteiger partial charge in [0.05, 0.1) is 0 Å². The summed E-state index contributed by atoms with van der Waals surface area (Å²) in [6.45, 7) is 2.05. The Balaban J connectivity index is 1.91. The lowest BCUT2D eigenvalue weighted by Crippen LogP contribution is -2.09. The van der Waals surface area contributed by atoms with E-state index >= 15 is 0 Å². The van der Waals surface area contributed by atoms with Crippen LogP contribution < -0.4 is 0 Å². The number of fused-ring (bicyclic) bond motifs is 2. The number of rotatable bonds is 0. The molecule has 2 aliphatic rings. The Kier molecular flexibility index (Phi) is 1.94. The minimum absolute atomic E-state index is 1.02. The predicted molar refractivity (Wildman–Crippen MR) is 40.9 cm³/mol. The predicted octanol–water partition coefficient (Wildman–Crippen LogP) is 2.21. The van der Waals surface area contributed by atoms with E-state index in [1.165, 1.54) is 32.1 Å². The lowest BCUT2D eigenvalue weighted by Gasteiger charge is -2.15. The average molecular weight is 140 g/mol. The Bertz CT molecular complexity index is 99.3. The Labute approximate surface area is 62.8 Å². The molecular formula is C9H16O. The molecule has 1 nitrogen and oxygen atoms in total. The molecule has 0 aromatic heterocycles. The normalized spacial score (nSPS) is 40.8. The van der Waals surface area contributed by atoms with Gasteiger partial charge in [-0.25, -0.2) is 0 Å². The van der Waals surface area contributed by atoms with Crippen molar-refractivity contribution in [2.75, 3.05) is 13.2 Å². The van der Waals surface area contributed by atoms with Gasteiger partial charge in [-0.2, -0.15) is 0 Å². The highest BCUT2D eigenvalue weighted by atomic mass is 16.5. The second-order valence-corrected chi connectivity index (χ2v) is 3.73. The summed E-state index contributed by atoms with van der Waals surface area (Å²) in [5, 5.41) is 0. The Hall–Kier alpha value is -0.0400. The molecule has 1 heterocycles. The zero-order valence-electron chi connectivity index (χ0n) is 6.51. The fourth-order valence-corrected chi connectivity index (χ4v) is 2.30. The van der Waals surface area contributed by atoms with Gasteiger partial charge < -0.3 is 4.74 Å². The Morgan fingerprint density at radius 3 is 2.00 bits per heavy atom. The molecular weight excluding hydrogens is 124 g/mol. The number of hydrogen-bond donors (Lipinski definition) is 0. The van der Waals surface area contributed by atoms with Crippen LogP contribution in [0.2, 0.25) is 0 Å². The highest BCUT2D eigenvalue weighted by Crippen LogP contribution is 2.36. The Morgan fingerprint density at radius 2 is 1.40 bits per heavy atom. The van der Waals surface area contributed by atoms with Crippen molar-refractivity contribution in [1.82, 2.24) is 0 Å². The molecule has 0 spiro atoms. The number of ether oxygens (including phenoxy) is 1. The summed E-state index contributed by atoms with van der Waals surface area (Å²) in [5.41, 5.74) is 0. The molecule has 2 unspecified atom stereocenters. The van der Waals surface area contributed by atoms with E-state index in [-0.39, 0.29) is 0 Å². The van der Waals surface area contributed by atoms with Gasteiger partial charge in [0.25, 0.3) is 0 Å². The topological polar surface area (TPSA) is 9.23 Å². The van der Waals surface area contributed by atoms with Crippen LogP contribution >= 0.6 is 0 Å². The first-order valence-electron chi connectivity index (χ1n) is 4.53. The lowest BCUT2D eigenvalue weighted by molar-refractivity contribution is 0.0976. The van der Waals surface area contributed by atoms with Gasteiger partial charge in [0, 0.05) is 13.2 Å². The van der Waals surface area contributed by atoms with E-state index < -0.39 is 0 Å². The minimum Gasteiger partial charge on any atom is -0.381 e. The number of hydrogen-bond acceptors (Lipinski definition) is 1. The molecule has 2 fully saturated rings. The van der Waals surface area contributed by atoms with Crippen LogP contribution in [0.1, 0.15) is 32.1 Å². The molecule has 1 aliphatic carbocycles. The van der Waals surface area contributed by atoms with Crippen molar-refractivity contribution in [1.29, 1.82) is 0 Å². The summed E-state index contributed by atoms with van der Waals surface area (Å²) in [6, 6.07) is 0. The maximum Gasteiger partial charge on any atom is 0.0468 e. The standard InChI is InChI=1S/C9H16O/c1-2-9-4-6-10-5-3-8(1)7-9/h8-9H,1-7H2. The molecule has 1 heteroatoms. The second kappa shape index (κ2) is 2.91. The van der Waals surface area contributed by atoms with Crippen LogP contribution in [0.3, 0.4) is 0 Å². The van der Waals surface area contributed by atoms with Gasteiger partial charge in [-0.15, -0.1) is 0 Å². The van der Waals surface area contributed by atoms with Crippen LogP contribution in [-0.2, 0) is 4.74 Å². The lowest BCUT2D eigenvalue weighted by atomic mass is 9.99. The smallest absolute Gasteiger partial charge is 0.0468 e. The van der Waals surface area contributed by atoms with E-state index in [9.17, 15) is 0 Å². The van der Waals surface area contributed by atoms with Crippen molar-refractivity contribution in [2.45, 2.75) is 32.1 Å². The van der Waals surface area contributed by atoms with Gasteiger partial charge in [0.2, 0.25) is 0 Å². The monoisotopic (exact) mass is 140 g/mol. The van der Waals surface area contributed by atoms with Gasteiger partial charge in [-0.3, -0.25) is 0 Å². The highest BCUT2D eigenvalue weighted by molar-refractivity contribution is 4.76. The van der Waals surface area contributed by atoms with Crippen molar-refractivity contribution < 1.29 is 4.74 Å². The fourth-order valence-electron chi connectivity index (χ4n) is 2.30. The highest BCUT2D eigenvalue weighted by Gasteiger charge is 2.25. The first-order chi connectivity index (χ1) is 4.95. The molecule has 2 atom stereocenters. The first kappa shape index (κ1) is 6.66. The van der Waals surface area contributed by atoms with E-state index in [0.717, 1.165) is 25.0 Å². The molecule has 1 aliphatic heterocycles. The van der Waals surface area contributed by atoms with Crippen LogP contribution in [0.15, 0.2) is 0 Å². The summed E-state index contributed by atoms with van der Waals surface area (Å²) in [5.74, 6) is 2.04. The van der Waals surface area contributed by atoms with Gasteiger partial charge >= 0.3 is 0 Å². The van der Waals surface area contributed by atoms with E-state index in [2.05, 4.69) is 0 Å². The van der Waals surface area contributed by atoms with Crippen molar-refractivity contribution in [2.24, 2.45) is 11.8 Å². The molecule has 0 amide bonds. The summed E-state index contributed by atoms with van der Waals surface area (Å²) in [6.07, 6.45) is 7.12. The summed E-state index contributed by atoms with van der Waals surface area (Å²) < 4.78 is 5.46. The molecule has 1 saturated heterocycles. The Morgan fingerprint density at radius 1 is 0.800 bits per heavy atom. The minimum atomic E-state index is 1.02. The summed E-state index contributed by atoms with van der Waals surface area (Å²) in [7, 11) is 0. The van der Waals surface area contributed by atoms with Crippen LogP contribution in [0, 0.1) is 11.8 Å². The summed E-state index contributed by atoms with van der Waals surface area (Å²) >= 11 is 0. The fraction of sp³-hybridized carbons (Fsp3) is 1.00. The zero-order valence-corrected chi connectivity index (χ0v) is 6.51. The SMILES string of the molecule is C1CC2CCC(CCO1)C2. The third kappa shape index (κ3) is 1.34. The molecule has 2 rings (SSSR count). The third-order valence-corrected chi connectivity index (χ3v) is 2.99. The van der Waals surface area contributed by atoms with Crippen LogP contribution in [0.25, 0.3) is 0 Å². The molecule has 0 aromatic rings. The first-order valence-corrected chi connectivity index (χ1v) is 4.53. The van der Waals surface area contributed by atoms with Crippen molar-refractivity contribution >= 4 is 0 Å². The van der Waals surface area contributed by atoms with Gasteiger partial charge in [-0.1, -0.05) is 12.8 Å². The maximum atomic E-state index is 5.46. The molecule has 2 bridgehead atoms. The average Bonchev–Trinajstić information content (AvgIpc) is 2.30. The van der Waals surface area contributed by atoms with Gasteiger partial charge in [-0.05, 0) is 31.1 Å². The van der Waals surface area contributed by atoms with Crippen LogP contribution in [0.4, 0.5) is 0 Å². The van der Waals surface area contributed by atoms with Crippen LogP contribution in [-0.4, -0.2) is 13.2 Å². The van der Waals surface area contributed by atoms with Gasteiger partial charge in [0.15, 0.2) is 0 Å². The van der Waals surface area contributed by atoms with E-state index in [0.29, 0.717) is 0 Å². The molecule has 10 heavy (non-hydrogen) atoms. The molecule has 0 N–H and O–H groups in total. The maximum absolute atomic E-state index is 5.46. The molecule has 0 radical (unpaired) electrons. The second-order valence-electron chi connectivity index (χ2n) is 3.73. The van der Waals surface area contributed by atoms with Crippen LogP contribution in [0.5, 0.6) is 0 Å². The quantitative estimate of drug-likeness (QED) is 0.501. The van der Waals surface area contributed by atoms with Crippen molar-refractivity contribution in [3.05, 3.63) is 0 Å². The van der Waals surface area contributed by atoms with E-state index in [1.807, 2.05) is 0 Å². The van der Waals surface area contributed by atoms with E-state index in [4.69, 9.17) is 4.74 Å². The van der Waals surface area contributed by atoms with Gasteiger partial charge in [0.1, 0.15) is 0 Å². The summed E-state index contributed by atoms with van der Waals surface area (Å²) in [4.78, 5) is 0.